The molecule has 0 N–H and O–H groups in total. The summed E-state index contributed by atoms with van der Waals surface area (Å²) >= 11 is 0. The molecule has 0 saturated heterocycles. The second-order valence-electron chi connectivity index (χ2n) is 6.67. The molecule has 4 rings (SSSR count). The van der Waals surface area contributed by atoms with Crippen molar-refractivity contribution in [1.82, 2.24) is 14.9 Å². The lowest BCUT2D eigenvalue weighted by molar-refractivity contribution is 0.239. The number of aromatic nitrogens is 2. The highest BCUT2D eigenvalue weighted by Crippen LogP contribution is 2.28. The molecular formula is C22H23N3O2. The second kappa shape index (κ2) is 7.76. The minimum Gasteiger partial charge on any atom is -0.497 e. The molecular weight excluding hydrogens is 338 g/mol. The van der Waals surface area contributed by atoms with E-state index >= 15 is 0 Å². The number of rotatable bonds is 5. The molecule has 0 saturated carbocycles. The lowest BCUT2D eigenvalue weighted by atomic mass is 10.1. The monoisotopic (exact) mass is 361 g/mol. The first-order chi connectivity index (χ1) is 13.3. The van der Waals surface area contributed by atoms with Gasteiger partial charge in [0.25, 0.3) is 0 Å². The molecule has 0 aliphatic carbocycles. The van der Waals surface area contributed by atoms with E-state index in [4.69, 9.17) is 14.5 Å². The van der Waals surface area contributed by atoms with Crippen molar-refractivity contribution in [2.75, 3.05) is 20.8 Å². The number of hydrogen-bond acceptors (Lipinski definition) is 5. The van der Waals surface area contributed by atoms with Gasteiger partial charge in [-0.15, -0.1) is 0 Å². The number of benzene rings is 2. The Labute approximate surface area is 159 Å². The SMILES string of the molecule is COc1ccc(CN2CCc3nc(-c4ccccc4)ncc3C2)c(OC)c1. The van der Waals surface area contributed by atoms with E-state index in [1.165, 1.54) is 5.56 Å². The van der Waals surface area contributed by atoms with Crippen molar-refractivity contribution < 1.29 is 9.47 Å². The number of ether oxygens (including phenoxy) is 2. The van der Waals surface area contributed by atoms with Gasteiger partial charge in [0, 0.05) is 55.0 Å². The summed E-state index contributed by atoms with van der Waals surface area (Å²) in [6.45, 7) is 2.64. The van der Waals surface area contributed by atoms with Crippen molar-refractivity contribution in [3.63, 3.8) is 0 Å². The van der Waals surface area contributed by atoms with E-state index in [9.17, 15) is 0 Å². The molecule has 0 fully saturated rings. The fraction of sp³-hybridized carbons (Fsp3) is 0.273. The number of fused-ring (bicyclic) bond motifs is 1. The maximum atomic E-state index is 5.53. The van der Waals surface area contributed by atoms with Crippen molar-refractivity contribution in [1.29, 1.82) is 0 Å². The van der Waals surface area contributed by atoms with Crippen LogP contribution in [0.15, 0.2) is 54.7 Å². The molecule has 1 aromatic heterocycles. The van der Waals surface area contributed by atoms with Crippen LogP contribution in [0.25, 0.3) is 11.4 Å². The first-order valence-electron chi connectivity index (χ1n) is 9.10. The van der Waals surface area contributed by atoms with Gasteiger partial charge in [-0.2, -0.15) is 0 Å². The third-order valence-corrected chi connectivity index (χ3v) is 4.93. The predicted molar refractivity (Wildman–Crippen MR) is 105 cm³/mol. The van der Waals surface area contributed by atoms with Crippen molar-refractivity contribution in [2.45, 2.75) is 19.5 Å². The van der Waals surface area contributed by atoms with Crippen LogP contribution < -0.4 is 9.47 Å². The molecule has 0 amide bonds. The fourth-order valence-corrected chi connectivity index (χ4v) is 3.46. The molecule has 0 radical (unpaired) electrons. The van der Waals surface area contributed by atoms with Crippen molar-refractivity contribution in [3.05, 3.63) is 71.5 Å². The van der Waals surface area contributed by atoms with Crippen LogP contribution in [-0.2, 0) is 19.5 Å². The molecule has 5 nitrogen and oxygen atoms in total. The van der Waals surface area contributed by atoms with Crippen LogP contribution in [0.2, 0.25) is 0 Å². The van der Waals surface area contributed by atoms with Gasteiger partial charge in [0.05, 0.1) is 19.9 Å². The Kier molecular flexibility index (Phi) is 5.03. The highest BCUT2D eigenvalue weighted by molar-refractivity contribution is 5.54. The standard InChI is InChI=1S/C22H23N3O2/c1-26-19-9-8-17(21(12-19)27-2)14-25-11-10-20-18(15-25)13-23-22(24-20)16-6-4-3-5-7-16/h3-9,12-13H,10-11,14-15H2,1-2H3. The van der Waals surface area contributed by atoms with E-state index in [0.29, 0.717) is 0 Å². The van der Waals surface area contributed by atoms with Crippen molar-refractivity contribution in [3.8, 4) is 22.9 Å². The van der Waals surface area contributed by atoms with Gasteiger partial charge < -0.3 is 9.47 Å². The topological polar surface area (TPSA) is 47.5 Å². The van der Waals surface area contributed by atoms with Gasteiger partial charge in [-0.3, -0.25) is 4.90 Å². The number of methoxy groups -OCH3 is 2. The van der Waals surface area contributed by atoms with E-state index in [0.717, 1.165) is 60.2 Å². The van der Waals surface area contributed by atoms with Crippen LogP contribution >= 0.6 is 0 Å². The van der Waals surface area contributed by atoms with Gasteiger partial charge in [-0.1, -0.05) is 36.4 Å². The maximum Gasteiger partial charge on any atom is 0.159 e. The molecule has 1 aliphatic rings. The molecule has 3 aromatic rings. The van der Waals surface area contributed by atoms with E-state index in [-0.39, 0.29) is 0 Å². The zero-order chi connectivity index (χ0) is 18.6. The van der Waals surface area contributed by atoms with Crippen molar-refractivity contribution in [2.24, 2.45) is 0 Å². The molecule has 138 valence electrons. The van der Waals surface area contributed by atoms with Gasteiger partial charge in [0.15, 0.2) is 5.82 Å². The Hall–Kier alpha value is -2.92. The molecule has 27 heavy (non-hydrogen) atoms. The maximum absolute atomic E-state index is 5.53. The average Bonchev–Trinajstić information content (AvgIpc) is 2.74. The van der Waals surface area contributed by atoms with Crippen LogP contribution in [-0.4, -0.2) is 35.6 Å². The molecule has 5 heteroatoms. The van der Waals surface area contributed by atoms with Crippen LogP contribution in [0.4, 0.5) is 0 Å². The summed E-state index contributed by atoms with van der Waals surface area (Å²) in [5, 5.41) is 0. The normalized spacial score (nSPS) is 13.9. The minimum absolute atomic E-state index is 0.805. The molecule has 0 atom stereocenters. The summed E-state index contributed by atoms with van der Waals surface area (Å²) in [6.07, 6.45) is 2.90. The van der Waals surface area contributed by atoms with Gasteiger partial charge in [-0.25, -0.2) is 9.97 Å². The molecule has 2 aromatic carbocycles. The van der Waals surface area contributed by atoms with Crippen LogP contribution in [0, 0.1) is 0 Å². The Morgan fingerprint density at radius 1 is 1.04 bits per heavy atom. The number of nitrogens with zero attached hydrogens (tertiary/aromatic N) is 3. The number of hydrogen-bond donors (Lipinski definition) is 0. The van der Waals surface area contributed by atoms with Crippen molar-refractivity contribution >= 4 is 0 Å². The van der Waals surface area contributed by atoms with Gasteiger partial charge in [0.2, 0.25) is 0 Å². The molecule has 0 spiro atoms. The first kappa shape index (κ1) is 17.5. The minimum atomic E-state index is 0.805. The van der Waals surface area contributed by atoms with E-state index in [1.807, 2.05) is 48.7 Å². The van der Waals surface area contributed by atoms with E-state index < -0.39 is 0 Å². The zero-order valence-electron chi connectivity index (χ0n) is 15.7. The summed E-state index contributed by atoms with van der Waals surface area (Å²) < 4.78 is 10.8. The summed E-state index contributed by atoms with van der Waals surface area (Å²) in [5.41, 5.74) is 4.57. The smallest absolute Gasteiger partial charge is 0.159 e. The van der Waals surface area contributed by atoms with Crippen LogP contribution in [0.1, 0.15) is 16.8 Å². The average molecular weight is 361 g/mol. The van der Waals surface area contributed by atoms with Gasteiger partial charge in [0.1, 0.15) is 11.5 Å². The molecule has 1 aliphatic heterocycles. The summed E-state index contributed by atoms with van der Waals surface area (Å²) in [4.78, 5) is 11.8. The van der Waals surface area contributed by atoms with Crippen LogP contribution in [0.3, 0.4) is 0 Å². The highest BCUT2D eigenvalue weighted by atomic mass is 16.5. The Morgan fingerprint density at radius 3 is 2.67 bits per heavy atom. The lowest BCUT2D eigenvalue weighted by Crippen LogP contribution is -2.31. The summed E-state index contributed by atoms with van der Waals surface area (Å²) in [6, 6.07) is 16.1. The molecule has 0 bridgehead atoms. The Bertz CT molecular complexity index is 928. The molecule has 2 heterocycles. The quantitative estimate of drug-likeness (QED) is 0.693. The predicted octanol–water partition coefficient (Wildman–Crippen LogP) is 3.72. The first-order valence-corrected chi connectivity index (χ1v) is 9.10. The van der Waals surface area contributed by atoms with E-state index in [2.05, 4.69) is 16.0 Å². The van der Waals surface area contributed by atoms with Gasteiger partial charge >= 0.3 is 0 Å². The fourth-order valence-electron chi connectivity index (χ4n) is 3.46. The van der Waals surface area contributed by atoms with E-state index in [1.54, 1.807) is 14.2 Å². The zero-order valence-corrected chi connectivity index (χ0v) is 15.7. The molecule has 0 unspecified atom stereocenters. The lowest BCUT2D eigenvalue weighted by Gasteiger charge is -2.28. The Morgan fingerprint density at radius 2 is 1.89 bits per heavy atom. The summed E-state index contributed by atoms with van der Waals surface area (Å²) in [5.74, 6) is 2.47. The Balaban J connectivity index is 1.51. The largest absolute Gasteiger partial charge is 0.497 e. The van der Waals surface area contributed by atoms with Gasteiger partial charge in [-0.05, 0) is 6.07 Å². The third kappa shape index (κ3) is 3.78. The highest BCUT2D eigenvalue weighted by Gasteiger charge is 2.20. The van der Waals surface area contributed by atoms with Crippen LogP contribution in [0.5, 0.6) is 11.5 Å². The summed E-state index contributed by atoms with van der Waals surface area (Å²) in [7, 11) is 3.36. The third-order valence-electron chi connectivity index (χ3n) is 4.93. The second-order valence-corrected chi connectivity index (χ2v) is 6.67.